The van der Waals surface area contributed by atoms with E-state index in [0.29, 0.717) is 5.95 Å². The molecule has 0 bridgehead atoms. The van der Waals surface area contributed by atoms with Gasteiger partial charge in [-0.25, -0.2) is 4.52 Å². The monoisotopic (exact) mass is 177 g/mol. The number of rotatable bonds is 0. The normalized spacial score (nSPS) is 11.0. The maximum absolute atomic E-state index is 5.54. The Hall–Kier alpha value is -1.65. The number of nitrogens with two attached hydrogens (primary N) is 1. The lowest BCUT2D eigenvalue weighted by molar-refractivity contribution is 0.831. The molecular formula is C8H11N5. The molecule has 0 saturated heterocycles. The molecule has 13 heavy (non-hydrogen) atoms. The van der Waals surface area contributed by atoms with Crippen molar-refractivity contribution in [1.29, 1.82) is 0 Å². The molecule has 5 nitrogen and oxygen atoms in total. The number of nitrogens with zero attached hydrogens (tertiary/aromatic N) is 4. The Morgan fingerprint density at radius 1 is 1.15 bits per heavy atom. The van der Waals surface area contributed by atoms with Gasteiger partial charge in [-0.3, -0.25) is 0 Å². The van der Waals surface area contributed by atoms with E-state index >= 15 is 0 Å². The average Bonchev–Trinajstić information content (AvgIpc) is 2.32. The van der Waals surface area contributed by atoms with Crippen LogP contribution in [0.1, 0.15) is 17.1 Å². The molecule has 0 aliphatic rings. The van der Waals surface area contributed by atoms with Crippen molar-refractivity contribution in [2.45, 2.75) is 20.8 Å². The Bertz CT molecular complexity index is 471. The van der Waals surface area contributed by atoms with Gasteiger partial charge in [0.05, 0.1) is 5.69 Å². The number of anilines is 1. The number of hydrogen-bond acceptors (Lipinski definition) is 4. The zero-order valence-electron chi connectivity index (χ0n) is 7.87. The Kier molecular flexibility index (Phi) is 1.48. The molecule has 0 spiro atoms. The van der Waals surface area contributed by atoms with Gasteiger partial charge in [-0.05, 0) is 20.8 Å². The molecule has 2 aromatic rings. The zero-order chi connectivity index (χ0) is 9.59. The third-order valence-electron chi connectivity index (χ3n) is 2.13. The summed E-state index contributed by atoms with van der Waals surface area (Å²) >= 11 is 0. The second kappa shape index (κ2) is 2.42. The topological polar surface area (TPSA) is 69.1 Å². The first-order valence-electron chi connectivity index (χ1n) is 4.05. The molecule has 0 atom stereocenters. The van der Waals surface area contributed by atoms with Gasteiger partial charge in [-0.2, -0.15) is 15.1 Å². The molecular weight excluding hydrogens is 166 g/mol. The fraction of sp³-hybridized carbons (Fsp3) is 0.375. The van der Waals surface area contributed by atoms with Crippen molar-refractivity contribution in [2.24, 2.45) is 0 Å². The average molecular weight is 177 g/mol. The van der Waals surface area contributed by atoms with E-state index in [4.69, 9.17) is 5.73 Å². The van der Waals surface area contributed by atoms with E-state index in [1.54, 1.807) is 4.52 Å². The molecule has 0 unspecified atom stereocenters. The van der Waals surface area contributed by atoms with Crippen LogP contribution in [0.5, 0.6) is 0 Å². The minimum Gasteiger partial charge on any atom is -0.368 e. The van der Waals surface area contributed by atoms with Crippen LogP contribution in [-0.4, -0.2) is 19.6 Å². The second-order valence-corrected chi connectivity index (χ2v) is 3.07. The number of aromatic nitrogens is 4. The van der Waals surface area contributed by atoms with Gasteiger partial charge in [0.1, 0.15) is 5.82 Å². The summed E-state index contributed by atoms with van der Waals surface area (Å²) in [7, 11) is 0. The molecule has 5 heteroatoms. The van der Waals surface area contributed by atoms with Crippen molar-refractivity contribution in [3.05, 3.63) is 17.1 Å². The first-order valence-corrected chi connectivity index (χ1v) is 4.05. The molecule has 0 radical (unpaired) electrons. The van der Waals surface area contributed by atoms with Crippen molar-refractivity contribution in [1.82, 2.24) is 19.6 Å². The molecule has 2 rings (SSSR count). The number of nitrogen functional groups attached to an aromatic ring is 1. The number of fused-ring (bicyclic) bond motifs is 1. The van der Waals surface area contributed by atoms with Crippen LogP contribution >= 0.6 is 0 Å². The Balaban J connectivity index is 2.94. The van der Waals surface area contributed by atoms with Gasteiger partial charge >= 0.3 is 0 Å². The Labute approximate surface area is 75.6 Å². The van der Waals surface area contributed by atoms with Crippen molar-refractivity contribution < 1.29 is 0 Å². The summed E-state index contributed by atoms with van der Waals surface area (Å²) in [4.78, 5) is 8.15. The van der Waals surface area contributed by atoms with Crippen LogP contribution in [0.4, 0.5) is 5.95 Å². The number of hydrogen-bond donors (Lipinski definition) is 1. The van der Waals surface area contributed by atoms with Gasteiger partial charge in [0.15, 0.2) is 5.65 Å². The minimum atomic E-state index is 0.299. The molecule has 0 aromatic carbocycles. The predicted octanol–water partition coefficient (Wildman–Crippen LogP) is 0.632. The van der Waals surface area contributed by atoms with Crippen molar-refractivity contribution in [3.8, 4) is 0 Å². The van der Waals surface area contributed by atoms with E-state index < -0.39 is 0 Å². The van der Waals surface area contributed by atoms with Crippen molar-refractivity contribution in [3.63, 3.8) is 0 Å². The van der Waals surface area contributed by atoms with Crippen molar-refractivity contribution in [2.75, 3.05) is 5.73 Å². The highest BCUT2D eigenvalue weighted by atomic mass is 15.3. The predicted molar refractivity (Wildman–Crippen MR) is 49.4 cm³/mol. The maximum Gasteiger partial charge on any atom is 0.223 e. The van der Waals surface area contributed by atoms with Gasteiger partial charge in [0.2, 0.25) is 5.95 Å². The van der Waals surface area contributed by atoms with Gasteiger partial charge in [-0.1, -0.05) is 0 Å². The fourth-order valence-electron chi connectivity index (χ4n) is 1.30. The molecule has 2 N–H and O–H groups in total. The first-order chi connectivity index (χ1) is 6.09. The highest BCUT2D eigenvalue weighted by Crippen LogP contribution is 2.12. The minimum absolute atomic E-state index is 0.299. The quantitative estimate of drug-likeness (QED) is 0.640. The van der Waals surface area contributed by atoms with Gasteiger partial charge in [-0.15, -0.1) is 0 Å². The van der Waals surface area contributed by atoms with Crippen LogP contribution in [0.2, 0.25) is 0 Å². The standard InChI is InChI=1S/C8H11N5/c1-4-5(2)12-13-6(3)10-8(9)11-7(4)13/h1-3H3,(H2,9,11). The summed E-state index contributed by atoms with van der Waals surface area (Å²) in [5.41, 5.74) is 8.35. The van der Waals surface area contributed by atoms with Crippen LogP contribution in [0.3, 0.4) is 0 Å². The van der Waals surface area contributed by atoms with E-state index in [-0.39, 0.29) is 0 Å². The van der Waals surface area contributed by atoms with E-state index in [1.807, 2.05) is 20.8 Å². The van der Waals surface area contributed by atoms with Gasteiger partial charge in [0.25, 0.3) is 0 Å². The lowest BCUT2D eigenvalue weighted by Gasteiger charge is -1.98. The van der Waals surface area contributed by atoms with E-state index in [0.717, 1.165) is 22.7 Å². The van der Waals surface area contributed by atoms with Gasteiger partial charge in [0, 0.05) is 5.56 Å². The third-order valence-corrected chi connectivity index (χ3v) is 2.13. The molecule has 0 fully saturated rings. The zero-order valence-corrected chi connectivity index (χ0v) is 7.87. The SMILES string of the molecule is Cc1nn2c(C)nc(N)nc2c1C. The number of aryl methyl sites for hydroxylation is 3. The summed E-state index contributed by atoms with van der Waals surface area (Å²) in [6, 6.07) is 0. The van der Waals surface area contributed by atoms with Crippen LogP contribution in [0, 0.1) is 20.8 Å². The van der Waals surface area contributed by atoms with E-state index in [1.165, 1.54) is 0 Å². The largest absolute Gasteiger partial charge is 0.368 e. The molecule has 68 valence electrons. The van der Waals surface area contributed by atoms with Gasteiger partial charge < -0.3 is 5.73 Å². The lowest BCUT2D eigenvalue weighted by atomic mass is 10.3. The summed E-state index contributed by atoms with van der Waals surface area (Å²) in [6.45, 7) is 5.78. The summed E-state index contributed by atoms with van der Waals surface area (Å²) in [5, 5.41) is 4.29. The second-order valence-electron chi connectivity index (χ2n) is 3.07. The molecule has 2 aromatic heterocycles. The van der Waals surface area contributed by atoms with E-state index in [9.17, 15) is 0 Å². The van der Waals surface area contributed by atoms with Crippen LogP contribution < -0.4 is 5.73 Å². The Morgan fingerprint density at radius 3 is 2.54 bits per heavy atom. The fourth-order valence-corrected chi connectivity index (χ4v) is 1.30. The van der Waals surface area contributed by atoms with Crippen LogP contribution in [-0.2, 0) is 0 Å². The van der Waals surface area contributed by atoms with Crippen molar-refractivity contribution >= 4 is 11.6 Å². The summed E-state index contributed by atoms with van der Waals surface area (Å²) in [6.07, 6.45) is 0. The highest BCUT2D eigenvalue weighted by Gasteiger charge is 2.09. The summed E-state index contributed by atoms with van der Waals surface area (Å²) in [5.74, 6) is 1.06. The third kappa shape index (κ3) is 1.04. The summed E-state index contributed by atoms with van der Waals surface area (Å²) < 4.78 is 1.71. The first kappa shape index (κ1) is 7.97. The lowest BCUT2D eigenvalue weighted by Crippen LogP contribution is -2.04. The molecule has 2 heterocycles. The molecule has 0 aliphatic carbocycles. The van der Waals surface area contributed by atoms with E-state index in [2.05, 4.69) is 15.1 Å². The maximum atomic E-state index is 5.54. The van der Waals surface area contributed by atoms with Crippen LogP contribution in [0.15, 0.2) is 0 Å². The molecule has 0 aliphatic heterocycles. The molecule has 0 saturated carbocycles. The Morgan fingerprint density at radius 2 is 1.85 bits per heavy atom. The highest BCUT2D eigenvalue weighted by molar-refractivity contribution is 5.51. The van der Waals surface area contributed by atoms with Crippen LogP contribution in [0.25, 0.3) is 5.65 Å². The smallest absolute Gasteiger partial charge is 0.223 e. The molecule has 0 amide bonds.